The molecule has 5 bridgehead atoms. The molecule has 6 heterocycles. The lowest BCUT2D eigenvalue weighted by Crippen LogP contribution is -2.47. The molecular weight excluding hydrogens is 899 g/mol. The Kier molecular flexibility index (Phi) is 15.2. The summed E-state index contributed by atoms with van der Waals surface area (Å²) >= 11 is 0. The zero-order chi connectivity index (χ0) is 51.1. The number of Topliss-reactive ketones (excluding diaryl/α,β-unsaturated/α-hetero) is 1. The van der Waals surface area contributed by atoms with Crippen molar-refractivity contribution in [3.63, 3.8) is 0 Å². The van der Waals surface area contributed by atoms with Crippen molar-refractivity contribution in [3.8, 4) is 17.2 Å². The van der Waals surface area contributed by atoms with Gasteiger partial charge in [0.2, 0.25) is 5.91 Å². The Balaban J connectivity index is 1.15. The molecule has 8 atom stereocenters. The van der Waals surface area contributed by atoms with Crippen LogP contribution in [-0.4, -0.2) is 104 Å². The van der Waals surface area contributed by atoms with E-state index in [2.05, 4.69) is 53.3 Å². The number of piperidine rings is 2. The number of phenols is 2. The van der Waals surface area contributed by atoms with Gasteiger partial charge in [0.15, 0.2) is 5.75 Å². The number of aliphatic hydroxyl groups is 2. The van der Waals surface area contributed by atoms with E-state index < -0.39 is 58.9 Å². The lowest BCUT2D eigenvalue weighted by atomic mass is 9.72. The molecule has 14 nitrogen and oxygen atoms in total. The summed E-state index contributed by atoms with van der Waals surface area (Å²) in [5.41, 5.74) is 1.36. The van der Waals surface area contributed by atoms with E-state index in [1.54, 1.807) is 38.2 Å². The van der Waals surface area contributed by atoms with E-state index in [0.717, 1.165) is 38.9 Å². The fraction of sp³-hybridized carbons (Fsp3) is 0.561. The average molecular weight is 974 g/mol. The number of benzene rings is 3. The Labute approximate surface area is 418 Å². The number of phenolic OH excluding ortho intramolecular Hbond substituents is 2. The van der Waals surface area contributed by atoms with E-state index in [1.807, 2.05) is 38.7 Å². The topological polar surface area (TPSA) is 194 Å². The number of aliphatic hydroxyl groups excluding tert-OH is 2. The number of anilines is 1. The normalized spacial score (nSPS) is 30.3. The van der Waals surface area contributed by atoms with Crippen LogP contribution in [0.3, 0.4) is 0 Å². The summed E-state index contributed by atoms with van der Waals surface area (Å²) in [4.78, 5) is 57.1. The number of amides is 2. The molecule has 0 saturated carbocycles. The molecule has 3 aromatic rings. The molecule has 5 N–H and O–H groups in total. The van der Waals surface area contributed by atoms with Crippen molar-refractivity contribution in [2.45, 2.75) is 131 Å². The Hall–Kier alpha value is -5.57. The number of carbonyl (C=O) groups is 3. The van der Waals surface area contributed by atoms with Gasteiger partial charge >= 0.3 is 5.79 Å². The number of ketones is 1. The molecule has 0 aliphatic carbocycles. The van der Waals surface area contributed by atoms with Crippen molar-refractivity contribution < 1.29 is 44.3 Å². The molecule has 3 aromatic carbocycles. The molecule has 2 saturated heterocycles. The molecule has 2 amide bonds. The first-order chi connectivity index (χ1) is 33.7. The van der Waals surface area contributed by atoms with Gasteiger partial charge < -0.3 is 45.0 Å². The molecule has 6 aliphatic heterocycles. The third-order valence-electron chi connectivity index (χ3n) is 16.3. The highest BCUT2D eigenvalue weighted by Gasteiger charge is 2.50. The lowest BCUT2D eigenvalue weighted by Gasteiger charge is -2.38. The quantitative estimate of drug-likeness (QED) is 0.152. The first-order valence-electron chi connectivity index (χ1n) is 25.9. The molecule has 6 aliphatic rings. The fourth-order valence-corrected chi connectivity index (χ4v) is 11.7. The fourth-order valence-electron chi connectivity index (χ4n) is 11.7. The monoisotopic (exact) mass is 974 g/mol. The maximum atomic E-state index is 14.9. The summed E-state index contributed by atoms with van der Waals surface area (Å²) in [5.74, 6) is -4.64. The van der Waals surface area contributed by atoms with Gasteiger partial charge in [0, 0.05) is 87.3 Å². The van der Waals surface area contributed by atoms with Crippen molar-refractivity contribution in [2.24, 2.45) is 51.4 Å². The largest absolute Gasteiger partial charge is 0.507 e. The van der Waals surface area contributed by atoms with E-state index in [1.165, 1.54) is 18.7 Å². The number of nitrogens with one attached hydrogen (secondary N) is 1. The van der Waals surface area contributed by atoms with Crippen LogP contribution in [0.25, 0.3) is 10.8 Å². The molecule has 382 valence electrons. The van der Waals surface area contributed by atoms with E-state index in [4.69, 9.17) is 14.5 Å². The van der Waals surface area contributed by atoms with Crippen molar-refractivity contribution >= 4 is 34.1 Å². The third kappa shape index (κ3) is 10.4. The van der Waals surface area contributed by atoms with Crippen LogP contribution in [0.15, 0.2) is 76.5 Å². The second kappa shape index (κ2) is 20.9. The maximum Gasteiger partial charge on any atom is 0.312 e. The molecule has 4 unspecified atom stereocenters. The molecule has 0 radical (unpaired) electrons. The third-order valence-corrected chi connectivity index (χ3v) is 16.3. The van der Waals surface area contributed by atoms with Gasteiger partial charge in [0.1, 0.15) is 27.9 Å². The minimum Gasteiger partial charge on any atom is -0.507 e. The predicted octanol–water partition coefficient (Wildman–Crippen LogP) is 7.68. The summed E-state index contributed by atoms with van der Waals surface area (Å²) in [5, 5.41) is 51.6. The Morgan fingerprint density at radius 3 is 2.28 bits per heavy atom. The number of carbonyl (C=O) groups excluding carboxylic acids is 3. The van der Waals surface area contributed by atoms with Gasteiger partial charge in [-0.1, -0.05) is 90.1 Å². The van der Waals surface area contributed by atoms with Gasteiger partial charge in [0.05, 0.1) is 35.1 Å². The number of aromatic hydroxyl groups is 2. The van der Waals surface area contributed by atoms with Crippen LogP contribution in [0.4, 0.5) is 5.69 Å². The number of fused-ring (bicyclic) bond motifs is 13. The first kappa shape index (κ1) is 51.8. The minimum atomic E-state index is -1.87. The summed E-state index contributed by atoms with van der Waals surface area (Å²) in [6.07, 6.45) is 11.0. The highest BCUT2D eigenvalue weighted by molar-refractivity contribution is 6.21. The van der Waals surface area contributed by atoms with Crippen molar-refractivity contribution in [2.75, 3.05) is 38.0 Å². The van der Waals surface area contributed by atoms with E-state index >= 15 is 0 Å². The van der Waals surface area contributed by atoms with Gasteiger partial charge in [0.25, 0.3) is 11.7 Å². The minimum absolute atomic E-state index is 0.0379. The van der Waals surface area contributed by atoms with Crippen LogP contribution in [0.2, 0.25) is 0 Å². The number of ether oxygens (including phenoxy) is 2. The maximum absolute atomic E-state index is 14.9. The molecule has 14 heteroatoms. The number of rotatable bonds is 6. The number of hydrogen-bond acceptors (Lipinski definition) is 12. The van der Waals surface area contributed by atoms with E-state index in [0.29, 0.717) is 49.9 Å². The van der Waals surface area contributed by atoms with Gasteiger partial charge in [-0.3, -0.25) is 19.4 Å². The summed E-state index contributed by atoms with van der Waals surface area (Å²) < 4.78 is 12.6. The highest BCUT2D eigenvalue weighted by atomic mass is 16.7. The predicted molar refractivity (Wildman–Crippen MR) is 274 cm³/mol. The van der Waals surface area contributed by atoms with Crippen LogP contribution in [0.5, 0.6) is 17.2 Å². The van der Waals surface area contributed by atoms with Gasteiger partial charge in [-0.15, -0.1) is 0 Å². The second-order valence-corrected chi connectivity index (χ2v) is 22.0. The summed E-state index contributed by atoms with van der Waals surface area (Å²) in [6.45, 7) is 20.5. The Bertz CT molecular complexity index is 2740. The molecule has 9 rings (SSSR count). The summed E-state index contributed by atoms with van der Waals surface area (Å²) in [7, 11) is 0. The standard InChI is InChI=1S/C57H75N5O9/c1-32(2)31-61-26-22-57(23-27-61)59-46-43-44-51(66)38(8)53-45(43)54(68)56(9,71-53)70-28-14-17-33(3)41(30-42(63)62-24-20-40(21-25-62)29-39-18-11-10-12-19-39)36(6)50(65)37(7)49(64)34(4)15-13-16-35(5)55(69)58-48(52(44)67)47(46)60-57/h10-16,18-19,28,32-34,36-37,40-41,49-50,59,64-67H,17,20-27,29-31H2,1-9H3/b15-13+,28-14+,35-16-,58-48?/t33-,34?,36+,37-,41?,49+,50?,56?/m1/s1. The second-order valence-electron chi connectivity index (χ2n) is 22.0. The van der Waals surface area contributed by atoms with Gasteiger partial charge in [-0.05, 0) is 80.8 Å². The van der Waals surface area contributed by atoms with E-state index in [-0.39, 0.29) is 73.8 Å². The van der Waals surface area contributed by atoms with Crippen molar-refractivity contribution in [1.82, 2.24) is 9.80 Å². The smallest absolute Gasteiger partial charge is 0.312 e. The van der Waals surface area contributed by atoms with Gasteiger partial charge in [-0.25, -0.2) is 4.99 Å². The van der Waals surface area contributed by atoms with E-state index in [9.17, 15) is 34.8 Å². The lowest BCUT2D eigenvalue weighted by molar-refractivity contribution is -0.135. The van der Waals surface area contributed by atoms with Crippen molar-refractivity contribution in [1.29, 1.82) is 0 Å². The zero-order valence-electron chi connectivity index (χ0n) is 43.1. The van der Waals surface area contributed by atoms with Crippen LogP contribution in [-0.2, 0) is 20.7 Å². The SMILES string of the molecule is C/C1=C/C=C/C(C)[C@H](O)[C@@H](C)C(O)[C@@H](C)C(CC(=O)N2CCC(Cc3ccccc3)CC2)[C@H](C)C/C=C/OC2(C)Oc3c(C)c(O)c4c(O)c(c5c(c4c3C2=O)NC2(CCN(CC(C)C)CC2)N=5)=NC1=O. The number of allylic oxidation sites excluding steroid dienone is 3. The molecule has 0 aromatic heterocycles. The number of nitrogens with zero attached hydrogens (tertiary/aromatic N) is 4. The van der Waals surface area contributed by atoms with Crippen LogP contribution in [0, 0.1) is 48.3 Å². The molecule has 1 spiro atoms. The van der Waals surface area contributed by atoms with Crippen LogP contribution >= 0.6 is 0 Å². The zero-order valence-corrected chi connectivity index (χ0v) is 43.1. The van der Waals surface area contributed by atoms with Crippen LogP contribution in [0.1, 0.15) is 115 Å². The number of hydrogen-bond donors (Lipinski definition) is 5. The van der Waals surface area contributed by atoms with Gasteiger partial charge in [-0.2, -0.15) is 0 Å². The molecular formula is C57H75N5O9. The first-order valence-corrected chi connectivity index (χ1v) is 25.9. The molecule has 2 fully saturated rings. The average Bonchev–Trinajstić information content (AvgIpc) is 3.85. The van der Waals surface area contributed by atoms with Crippen molar-refractivity contribution in [3.05, 3.63) is 93.9 Å². The summed E-state index contributed by atoms with van der Waals surface area (Å²) in [6, 6.07) is 10.4. The number of likely N-dealkylation sites (tertiary alicyclic amines) is 2. The highest BCUT2D eigenvalue weighted by Crippen LogP contribution is 2.51. The Morgan fingerprint density at radius 2 is 1.61 bits per heavy atom. The molecule has 71 heavy (non-hydrogen) atoms. The van der Waals surface area contributed by atoms with Crippen LogP contribution < -0.4 is 20.8 Å². The Morgan fingerprint density at radius 1 is 0.915 bits per heavy atom.